The van der Waals surface area contributed by atoms with Crippen LogP contribution in [0, 0.1) is 5.82 Å². The molecular weight excluding hydrogens is 399 g/mol. The molecule has 0 bridgehead atoms. The van der Waals surface area contributed by atoms with Gasteiger partial charge in [-0.25, -0.2) is 4.39 Å². The number of rotatable bonds is 3. The summed E-state index contributed by atoms with van der Waals surface area (Å²) in [6.45, 7) is 1.68. The van der Waals surface area contributed by atoms with Gasteiger partial charge in [0.1, 0.15) is 12.4 Å². The first-order valence-electron chi connectivity index (χ1n) is 9.41. The Balaban J connectivity index is 1.32. The van der Waals surface area contributed by atoms with Crippen molar-refractivity contribution in [1.82, 2.24) is 9.80 Å². The van der Waals surface area contributed by atoms with Gasteiger partial charge in [-0.3, -0.25) is 9.59 Å². The number of halogens is 2. The van der Waals surface area contributed by atoms with Gasteiger partial charge in [-0.2, -0.15) is 0 Å². The molecule has 152 valence electrons. The first-order valence-corrected chi connectivity index (χ1v) is 9.78. The first-order chi connectivity index (χ1) is 14.0. The molecule has 0 aliphatic carbocycles. The second kappa shape index (κ2) is 8.29. The summed E-state index contributed by atoms with van der Waals surface area (Å²) in [6.07, 6.45) is -0.806. The van der Waals surface area contributed by atoms with Gasteiger partial charge in [0.15, 0.2) is 11.5 Å². The van der Waals surface area contributed by atoms with E-state index in [2.05, 4.69) is 0 Å². The maximum absolute atomic E-state index is 13.9. The average Bonchev–Trinajstić information content (AvgIpc) is 2.75. The van der Waals surface area contributed by atoms with Gasteiger partial charge in [0, 0.05) is 36.8 Å². The van der Waals surface area contributed by atoms with E-state index in [1.807, 2.05) is 12.1 Å². The van der Waals surface area contributed by atoms with Crippen molar-refractivity contribution in [3.8, 4) is 11.5 Å². The van der Waals surface area contributed by atoms with Crippen LogP contribution in [0.15, 0.2) is 42.5 Å². The van der Waals surface area contributed by atoms with Gasteiger partial charge in [0.05, 0.1) is 6.42 Å². The first kappa shape index (κ1) is 19.5. The molecule has 0 unspecified atom stereocenters. The average molecular weight is 419 g/mol. The zero-order chi connectivity index (χ0) is 20.4. The van der Waals surface area contributed by atoms with Crippen molar-refractivity contribution in [3.63, 3.8) is 0 Å². The van der Waals surface area contributed by atoms with Crippen LogP contribution in [0.1, 0.15) is 5.56 Å². The fourth-order valence-corrected chi connectivity index (χ4v) is 3.72. The third-order valence-electron chi connectivity index (χ3n) is 5.12. The Morgan fingerprint density at radius 2 is 1.69 bits per heavy atom. The van der Waals surface area contributed by atoms with E-state index in [9.17, 15) is 14.0 Å². The molecule has 2 amide bonds. The van der Waals surface area contributed by atoms with Crippen molar-refractivity contribution < 1.29 is 23.5 Å². The lowest BCUT2D eigenvalue weighted by molar-refractivity contribution is -0.146. The number of hydrogen-bond acceptors (Lipinski definition) is 4. The van der Waals surface area contributed by atoms with E-state index < -0.39 is 11.9 Å². The molecule has 0 spiro atoms. The second-order valence-corrected chi connectivity index (χ2v) is 7.35. The van der Waals surface area contributed by atoms with Crippen LogP contribution < -0.4 is 9.47 Å². The summed E-state index contributed by atoms with van der Waals surface area (Å²) >= 11 is 6.01. The SMILES string of the molecule is O=C(Cc1c(F)cccc1Cl)N1CCN(C(=O)[C@H]2COc3ccccc3O2)CC1. The van der Waals surface area contributed by atoms with Gasteiger partial charge >= 0.3 is 0 Å². The van der Waals surface area contributed by atoms with E-state index in [-0.39, 0.29) is 35.4 Å². The molecular formula is C21H20ClFN2O4. The van der Waals surface area contributed by atoms with Crippen LogP contribution in [0.25, 0.3) is 0 Å². The maximum atomic E-state index is 13.9. The highest BCUT2D eigenvalue weighted by Gasteiger charge is 2.33. The van der Waals surface area contributed by atoms with Crippen LogP contribution >= 0.6 is 11.6 Å². The predicted octanol–water partition coefficient (Wildman–Crippen LogP) is 2.53. The van der Waals surface area contributed by atoms with Crippen LogP contribution in [0.4, 0.5) is 4.39 Å². The van der Waals surface area contributed by atoms with Gasteiger partial charge in [0.2, 0.25) is 12.0 Å². The molecule has 0 N–H and O–H groups in total. The van der Waals surface area contributed by atoms with E-state index in [0.717, 1.165) is 0 Å². The Kier molecular flexibility index (Phi) is 5.58. The van der Waals surface area contributed by atoms with Crippen LogP contribution in [-0.2, 0) is 16.0 Å². The minimum Gasteiger partial charge on any atom is -0.485 e. The lowest BCUT2D eigenvalue weighted by atomic mass is 10.1. The quantitative estimate of drug-likeness (QED) is 0.768. The molecule has 4 rings (SSSR count). The number of carbonyl (C=O) groups is 2. The number of fused-ring (bicyclic) bond motifs is 1. The normalized spacial score (nSPS) is 18.5. The number of amides is 2. The number of hydrogen-bond donors (Lipinski definition) is 0. The minimum atomic E-state index is -0.704. The summed E-state index contributed by atoms with van der Waals surface area (Å²) in [7, 11) is 0. The minimum absolute atomic E-state index is 0.101. The van der Waals surface area contributed by atoms with Crippen molar-refractivity contribution in [2.75, 3.05) is 32.8 Å². The number of para-hydroxylation sites is 2. The topological polar surface area (TPSA) is 59.1 Å². The highest BCUT2D eigenvalue weighted by molar-refractivity contribution is 6.31. The third-order valence-corrected chi connectivity index (χ3v) is 5.47. The van der Waals surface area contributed by atoms with Gasteiger partial charge in [-0.15, -0.1) is 0 Å². The molecule has 2 aromatic carbocycles. The molecule has 2 aliphatic rings. The lowest BCUT2D eigenvalue weighted by Crippen LogP contribution is -2.55. The third kappa shape index (κ3) is 4.15. The van der Waals surface area contributed by atoms with E-state index in [1.165, 1.54) is 12.1 Å². The van der Waals surface area contributed by atoms with Crippen LogP contribution in [0.3, 0.4) is 0 Å². The summed E-state index contributed by atoms with van der Waals surface area (Å²) in [5, 5.41) is 0.238. The smallest absolute Gasteiger partial charge is 0.267 e. The molecule has 1 saturated heterocycles. The van der Waals surface area contributed by atoms with Crippen molar-refractivity contribution in [2.45, 2.75) is 12.5 Å². The fourth-order valence-electron chi connectivity index (χ4n) is 3.49. The predicted molar refractivity (Wildman–Crippen MR) is 105 cm³/mol. The molecule has 0 saturated carbocycles. The summed E-state index contributed by atoms with van der Waals surface area (Å²) in [5.41, 5.74) is 0.198. The van der Waals surface area contributed by atoms with Crippen molar-refractivity contribution in [1.29, 1.82) is 0 Å². The van der Waals surface area contributed by atoms with E-state index >= 15 is 0 Å². The maximum Gasteiger partial charge on any atom is 0.267 e. The van der Waals surface area contributed by atoms with Crippen molar-refractivity contribution in [3.05, 3.63) is 58.9 Å². The summed E-state index contributed by atoms with van der Waals surface area (Å²) in [4.78, 5) is 28.6. The summed E-state index contributed by atoms with van der Waals surface area (Å²) < 4.78 is 25.3. The van der Waals surface area contributed by atoms with Crippen molar-refractivity contribution in [2.24, 2.45) is 0 Å². The molecule has 0 aromatic heterocycles. The molecule has 2 aliphatic heterocycles. The largest absolute Gasteiger partial charge is 0.485 e. The van der Waals surface area contributed by atoms with Crippen LogP contribution in [-0.4, -0.2) is 60.5 Å². The zero-order valence-electron chi connectivity index (χ0n) is 15.6. The monoisotopic (exact) mass is 418 g/mol. The van der Waals surface area contributed by atoms with Gasteiger partial charge < -0.3 is 19.3 Å². The standard InChI is InChI=1S/C21H20ClFN2O4/c22-15-4-3-5-16(23)14(15)12-20(26)24-8-10-25(11-9-24)21(27)19-13-28-17-6-1-2-7-18(17)29-19/h1-7,19H,8-13H2/t19-/m1/s1. The Morgan fingerprint density at radius 3 is 2.41 bits per heavy atom. The number of ether oxygens (including phenoxy) is 2. The molecule has 0 radical (unpaired) electrons. The Morgan fingerprint density at radius 1 is 1.00 bits per heavy atom. The molecule has 2 heterocycles. The molecule has 6 nitrogen and oxygen atoms in total. The lowest BCUT2D eigenvalue weighted by Gasteiger charge is -2.37. The van der Waals surface area contributed by atoms with E-state index in [1.54, 1.807) is 28.0 Å². The van der Waals surface area contributed by atoms with Crippen LogP contribution in [0.2, 0.25) is 5.02 Å². The Bertz CT molecular complexity index is 910. The highest BCUT2D eigenvalue weighted by atomic mass is 35.5. The fraction of sp³-hybridized carbons (Fsp3) is 0.333. The van der Waals surface area contributed by atoms with Gasteiger partial charge in [-0.1, -0.05) is 29.8 Å². The van der Waals surface area contributed by atoms with E-state index in [4.69, 9.17) is 21.1 Å². The number of benzene rings is 2. The molecule has 1 fully saturated rings. The van der Waals surface area contributed by atoms with E-state index in [0.29, 0.717) is 37.7 Å². The summed E-state index contributed by atoms with van der Waals surface area (Å²) in [6, 6.07) is 11.6. The molecule has 1 atom stereocenters. The van der Waals surface area contributed by atoms with Crippen molar-refractivity contribution >= 4 is 23.4 Å². The molecule has 8 heteroatoms. The summed E-state index contributed by atoms with van der Waals surface area (Å²) in [5.74, 6) is 0.305. The molecule has 2 aromatic rings. The highest BCUT2D eigenvalue weighted by Crippen LogP contribution is 2.31. The number of carbonyl (C=O) groups excluding carboxylic acids is 2. The zero-order valence-corrected chi connectivity index (χ0v) is 16.4. The molecule has 29 heavy (non-hydrogen) atoms. The Hall–Kier alpha value is -2.80. The van der Waals surface area contributed by atoms with Gasteiger partial charge in [-0.05, 0) is 24.3 Å². The van der Waals surface area contributed by atoms with Crippen LogP contribution in [0.5, 0.6) is 11.5 Å². The van der Waals surface area contributed by atoms with Gasteiger partial charge in [0.25, 0.3) is 5.91 Å². The second-order valence-electron chi connectivity index (χ2n) is 6.95. The number of piperazine rings is 1. The Labute approximate surface area is 172 Å². The number of nitrogens with zero attached hydrogens (tertiary/aromatic N) is 2.